The third-order valence-electron chi connectivity index (χ3n) is 2.36. The van der Waals surface area contributed by atoms with E-state index in [9.17, 15) is 8.42 Å². The first-order valence-electron chi connectivity index (χ1n) is 5.02. The Morgan fingerprint density at radius 2 is 1.88 bits per heavy atom. The van der Waals surface area contributed by atoms with Crippen LogP contribution in [0.2, 0.25) is 0 Å². The van der Waals surface area contributed by atoms with E-state index in [4.69, 9.17) is 9.29 Å². The molecule has 0 radical (unpaired) electrons. The highest BCUT2D eigenvalue weighted by atomic mass is 32.2. The van der Waals surface area contributed by atoms with Gasteiger partial charge >= 0.3 is 0 Å². The van der Waals surface area contributed by atoms with Gasteiger partial charge in [-0.1, -0.05) is 19.1 Å². The largest absolute Gasteiger partial charge is 0.486 e. The fraction of sp³-hybridized carbons (Fsp3) is 0.455. The number of benzene rings is 1. The normalized spacial score (nSPS) is 12.5. The van der Waals surface area contributed by atoms with Crippen molar-refractivity contribution >= 4 is 10.1 Å². The molecule has 0 fully saturated rings. The van der Waals surface area contributed by atoms with Crippen molar-refractivity contribution in [3.8, 4) is 5.75 Å². The van der Waals surface area contributed by atoms with E-state index in [2.05, 4.69) is 0 Å². The second kappa shape index (κ2) is 4.43. The lowest BCUT2D eigenvalue weighted by Gasteiger charge is -2.25. The summed E-state index contributed by atoms with van der Waals surface area (Å²) in [6, 6.07) is 6.04. The Kier molecular flexibility index (Phi) is 3.60. The van der Waals surface area contributed by atoms with Crippen molar-refractivity contribution in [1.82, 2.24) is 0 Å². The monoisotopic (exact) mass is 244 g/mol. The molecule has 1 aromatic rings. The van der Waals surface area contributed by atoms with Crippen LogP contribution in [-0.4, -0.2) is 18.6 Å². The molecule has 0 atom stereocenters. The molecule has 0 aliphatic carbocycles. The Hall–Kier alpha value is -1.07. The Morgan fingerprint density at radius 1 is 1.31 bits per heavy atom. The SMILES string of the molecule is CCC(C)(C)Oc1ccccc1S(=O)(=O)O. The van der Waals surface area contributed by atoms with E-state index in [1.807, 2.05) is 20.8 Å². The van der Waals surface area contributed by atoms with E-state index >= 15 is 0 Å². The van der Waals surface area contributed by atoms with Gasteiger partial charge in [-0.2, -0.15) is 8.42 Å². The predicted octanol–water partition coefficient (Wildman–Crippen LogP) is 2.50. The zero-order chi connectivity index (χ0) is 12.4. The van der Waals surface area contributed by atoms with Gasteiger partial charge in [0.05, 0.1) is 0 Å². The summed E-state index contributed by atoms with van der Waals surface area (Å²) in [5, 5.41) is 0. The minimum atomic E-state index is -4.24. The van der Waals surface area contributed by atoms with Crippen LogP contribution >= 0.6 is 0 Å². The van der Waals surface area contributed by atoms with Gasteiger partial charge < -0.3 is 4.74 Å². The van der Waals surface area contributed by atoms with Crippen molar-refractivity contribution in [2.24, 2.45) is 0 Å². The van der Waals surface area contributed by atoms with E-state index in [-0.39, 0.29) is 10.6 Å². The molecular weight excluding hydrogens is 228 g/mol. The molecule has 0 saturated carbocycles. The van der Waals surface area contributed by atoms with Crippen LogP contribution in [0.1, 0.15) is 27.2 Å². The lowest BCUT2D eigenvalue weighted by atomic mass is 10.1. The van der Waals surface area contributed by atoms with Gasteiger partial charge in [0, 0.05) is 0 Å². The van der Waals surface area contributed by atoms with Gasteiger partial charge in [-0.3, -0.25) is 4.55 Å². The summed E-state index contributed by atoms with van der Waals surface area (Å²) >= 11 is 0. The maximum atomic E-state index is 11.1. The van der Waals surface area contributed by atoms with E-state index in [1.165, 1.54) is 18.2 Å². The predicted molar refractivity (Wildman–Crippen MR) is 61.3 cm³/mol. The molecule has 90 valence electrons. The van der Waals surface area contributed by atoms with E-state index in [0.29, 0.717) is 0 Å². The van der Waals surface area contributed by atoms with Crippen LogP contribution in [0, 0.1) is 0 Å². The molecule has 0 spiro atoms. The molecule has 0 unspecified atom stereocenters. The average Bonchev–Trinajstić information content (AvgIpc) is 2.16. The zero-order valence-corrected chi connectivity index (χ0v) is 10.4. The quantitative estimate of drug-likeness (QED) is 0.826. The van der Waals surface area contributed by atoms with Gasteiger partial charge in [0.1, 0.15) is 16.2 Å². The fourth-order valence-corrected chi connectivity index (χ4v) is 1.73. The number of rotatable bonds is 4. The third kappa shape index (κ3) is 3.21. The van der Waals surface area contributed by atoms with Crippen molar-refractivity contribution in [1.29, 1.82) is 0 Å². The van der Waals surface area contributed by atoms with Gasteiger partial charge in [-0.15, -0.1) is 0 Å². The summed E-state index contributed by atoms with van der Waals surface area (Å²) < 4.78 is 36.8. The maximum Gasteiger partial charge on any atom is 0.298 e. The second-order valence-corrected chi connectivity index (χ2v) is 5.53. The summed E-state index contributed by atoms with van der Waals surface area (Å²) in [6.07, 6.45) is 0.729. The summed E-state index contributed by atoms with van der Waals surface area (Å²) in [7, 11) is -4.24. The molecule has 1 rings (SSSR count). The highest BCUT2D eigenvalue weighted by Crippen LogP contribution is 2.27. The van der Waals surface area contributed by atoms with Gasteiger partial charge in [-0.05, 0) is 32.4 Å². The third-order valence-corrected chi connectivity index (χ3v) is 3.26. The molecule has 0 bridgehead atoms. The van der Waals surface area contributed by atoms with Crippen LogP contribution in [-0.2, 0) is 10.1 Å². The van der Waals surface area contributed by atoms with Crippen LogP contribution in [0.15, 0.2) is 29.2 Å². The van der Waals surface area contributed by atoms with Crippen molar-refractivity contribution in [2.45, 2.75) is 37.7 Å². The summed E-state index contributed by atoms with van der Waals surface area (Å²) in [5.41, 5.74) is -0.471. The number of hydrogen-bond acceptors (Lipinski definition) is 3. The molecule has 0 aliphatic rings. The Balaban J connectivity index is 3.16. The maximum absolute atomic E-state index is 11.1. The fourth-order valence-electron chi connectivity index (χ4n) is 1.12. The minimum absolute atomic E-state index is 0.178. The van der Waals surface area contributed by atoms with Gasteiger partial charge in [0.2, 0.25) is 0 Å². The van der Waals surface area contributed by atoms with Gasteiger partial charge in [0.15, 0.2) is 0 Å². The highest BCUT2D eigenvalue weighted by Gasteiger charge is 2.22. The summed E-state index contributed by atoms with van der Waals surface area (Å²) in [4.78, 5) is -0.198. The van der Waals surface area contributed by atoms with Crippen molar-refractivity contribution in [2.75, 3.05) is 0 Å². The second-order valence-electron chi connectivity index (χ2n) is 4.14. The first-order chi connectivity index (χ1) is 7.26. The number of ether oxygens (including phenoxy) is 1. The van der Waals surface area contributed by atoms with Crippen LogP contribution in [0.25, 0.3) is 0 Å². The van der Waals surface area contributed by atoms with Crippen LogP contribution in [0.3, 0.4) is 0 Å². The van der Waals surface area contributed by atoms with Crippen LogP contribution in [0.5, 0.6) is 5.75 Å². The zero-order valence-electron chi connectivity index (χ0n) is 9.60. The average molecular weight is 244 g/mol. The standard InChI is InChI=1S/C11H16O4S/c1-4-11(2,3)15-9-7-5-6-8-10(9)16(12,13)14/h5-8H,4H2,1-3H3,(H,12,13,14). The Labute approximate surface area is 96.0 Å². The Bertz CT molecular complexity index is 463. The molecule has 0 aliphatic heterocycles. The van der Waals surface area contributed by atoms with Crippen molar-refractivity contribution < 1.29 is 17.7 Å². The molecule has 4 nitrogen and oxygen atoms in total. The van der Waals surface area contributed by atoms with Crippen molar-refractivity contribution in [3.63, 3.8) is 0 Å². The lowest BCUT2D eigenvalue weighted by Crippen LogP contribution is -2.27. The highest BCUT2D eigenvalue weighted by molar-refractivity contribution is 7.86. The summed E-state index contributed by atoms with van der Waals surface area (Å²) in [6.45, 7) is 5.65. The molecule has 1 N–H and O–H groups in total. The number of para-hydroxylation sites is 1. The topological polar surface area (TPSA) is 63.6 Å². The molecule has 0 saturated heterocycles. The van der Waals surface area contributed by atoms with Gasteiger partial charge in [0.25, 0.3) is 10.1 Å². The molecule has 16 heavy (non-hydrogen) atoms. The van der Waals surface area contributed by atoms with Gasteiger partial charge in [-0.25, -0.2) is 0 Å². The Morgan fingerprint density at radius 3 is 2.38 bits per heavy atom. The van der Waals surface area contributed by atoms with Crippen LogP contribution < -0.4 is 4.74 Å². The first-order valence-corrected chi connectivity index (χ1v) is 6.46. The molecular formula is C11H16O4S. The van der Waals surface area contributed by atoms with E-state index < -0.39 is 15.7 Å². The van der Waals surface area contributed by atoms with Crippen molar-refractivity contribution in [3.05, 3.63) is 24.3 Å². The minimum Gasteiger partial charge on any atom is -0.486 e. The first kappa shape index (κ1) is 13.0. The molecule has 5 heteroatoms. The van der Waals surface area contributed by atoms with Crippen LogP contribution in [0.4, 0.5) is 0 Å². The van der Waals surface area contributed by atoms with E-state index in [1.54, 1.807) is 6.07 Å². The summed E-state index contributed by atoms with van der Waals surface area (Å²) in [5.74, 6) is 0.178. The molecule has 1 aromatic carbocycles. The molecule has 0 heterocycles. The lowest BCUT2D eigenvalue weighted by molar-refractivity contribution is 0.101. The number of hydrogen-bond donors (Lipinski definition) is 1. The molecule has 0 amide bonds. The van der Waals surface area contributed by atoms with E-state index in [0.717, 1.165) is 6.42 Å². The molecule has 0 aromatic heterocycles. The smallest absolute Gasteiger partial charge is 0.298 e.